The average molecular weight is 486 g/mol. The van der Waals surface area contributed by atoms with Gasteiger partial charge in [-0.25, -0.2) is 13.2 Å². The zero-order valence-corrected chi connectivity index (χ0v) is 18.6. The predicted octanol–water partition coefficient (Wildman–Crippen LogP) is 3.52. The second kappa shape index (κ2) is 8.27. The molecule has 1 heterocycles. The second-order valence-corrected chi connectivity index (χ2v) is 9.36. The molecule has 10 heteroatoms. The highest BCUT2D eigenvalue weighted by Gasteiger charge is 2.39. The Labute approximate surface area is 176 Å². The molecule has 1 fully saturated rings. The maximum Gasteiger partial charge on any atom is 0.361 e. The summed E-state index contributed by atoms with van der Waals surface area (Å²) >= 11 is 3.27. The molecular weight excluding hydrogens is 466 g/mol. The van der Waals surface area contributed by atoms with Crippen LogP contribution in [0.5, 0.6) is 5.75 Å². The van der Waals surface area contributed by atoms with Gasteiger partial charge in [-0.05, 0) is 54.8 Å². The molecule has 0 bridgehead atoms. The van der Waals surface area contributed by atoms with Crippen LogP contribution in [0.1, 0.15) is 64.8 Å². The van der Waals surface area contributed by atoms with Gasteiger partial charge in [0.1, 0.15) is 10.5 Å². The van der Waals surface area contributed by atoms with Gasteiger partial charge in [-0.1, -0.05) is 5.16 Å². The Hall–Kier alpha value is -2.20. The van der Waals surface area contributed by atoms with Crippen LogP contribution < -0.4 is 4.74 Å². The van der Waals surface area contributed by atoms with Crippen molar-refractivity contribution in [2.75, 3.05) is 19.5 Å². The summed E-state index contributed by atoms with van der Waals surface area (Å²) in [4.78, 5) is 25.5. The van der Waals surface area contributed by atoms with Crippen LogP contribution in [-0.4, -0.2) is 44.8 Å². The van der Waals surface area contributed by atoms with E-state index in [0.29, 0.717) is 4.47 Å². The molecule has 0 spiro atoms. The van der Waals surface area contributed by atoms with E-state index in [9.17, 15) is 18.0 Å². The van der Waals surface area contributed by atoms with E-state index in [0.717, 1.165) is 19.1 Å². The molecule has 29 heavy (non-hydrogen) atoms. The van der Waals surface area contributed by atoms with E-state index in [-0.39, 0.29) is 52.4 Å². The Morgan fingerprint density at radius 3 is 2.48 bits per heavy atom. The van der Waals surface area contributed by atoms with E-state index in [1.165, 1.54) is 12.1 Å². The first-order valence-electron chi connectivity index (χ1n) is 9.07. The highest BCUT2D eigenvalue weighted by atomic mass is 79.9. The van der Waals surface area contributed by atoms with Gasteiger partial charge in [-0.2, -0.15) is 0 Å². The maximum atomic E-state index is 13.5. The number of sulfone groups is 1. The smallest absolute Gasteiger partial charge is 0.361 e. The van der Waals surface area contributed by atoms with Gasteiger partial charge in [-0.3, -0.25) is 4.79 Å². The number of carbonyl (C=O) groups excluding carboxylic acids is 2. The molecule has 1 aliphatic rings. The van der Waals surface area contributed by atoms with Gasteiger partial charge in [0.25, 0.3) is 0 Å². The number of carbonyl (C=O) groups is 2. The first-order chi connectivity index (χ1) is 13.7. The van der Waals surface area contributed by atoms with Crippen LogP contribution in [0.15, 0.2) is 26.0 Å². The number of hydrogen-bond acceptors (Lipinski definition) is 8. The number of rotatable bonds is 8. The molecule has 0 aliphatic heterocycles. The molecule has 0 unspecified atom stereocenters. The van der Waals surface area contributed by atoms with Gasteiger partial charge in [0.2, 0.25) is 11.5 Å². The van der Waals surface area contributed by atoms with Crippen molar-refractivity contribution < 1.29 is 32.0 Å². The van der Waals surface area contributed by atoms with Gasteiger partial charge >= 0.3 is 5.97 Å². The molecular formula is C19H20BrNO7S. The maximum absolute atomic E-state index is 13.5. The summed E-state index contributed by atoms with van der Waals surface area (Å²) in [6.45, 7) is 3.63. The molecule has 8 nitrogen and oxygen atoms in total. The van der Waals surface area contributed by atoms with E-state index in [1.807, 2.05) is 0 Å². The quantitative estimate of drug-likeness (QED) is 0.412. The zero-order chi connectivity index (χ0) is 21.3. The molecule has 3 rings (SSSR count). The minimum absolute atomic E-state index is 0.0341. The van der Waals surface area contributed by atoms with Crippen molar-refractivity contribution in [1.82, 2.24) is 5.16 Å². The number of aromatic nitrogens is 1. The summed E-state index contributed by atoms with van der Waals surface area (Å²) in [6.07, 6.45) is 2.58. The molecule has 0 amide bonds. The Morgan fingerprint density at radius 2 is 1.93 bits per heavy atom. The summed E-state index contributed by atoms with van der Waals surface area (Å²) in [5, 5.41) is 3.75. The zero-order valence-electron chi connectivity index (χ0n) is 16.2. The molecule has 0 saturated heterocycles. The van der Waals surface area contributed by atoms with Gasteiger partial charge in [0.15, 0.2) is 21.3 Å². The number of halogens is 1. The highest BCUT2D eigenvalue weighted by molar-refractivity contribution is 9.10. The lowest BCUT2D eigenvalue weighted by Crippen LogP contribution is -2.16. The minimum atomic E-state index is -3.85. The monoisotopic (exact) mass is 485 g/mol. The molecule has 0 radical (unpaired) electrons. The number of benzene rings is 1. The average Bonchev–Trinajstić information content (AvgIpc) is 3.40. The number of nitrogens with zero attached hydrogens (tertiary/aromatic N) is 1. The normalized spacial score (nSPS) is 13.9. The van der Waals surface area contributed by atoms with Crippen LogP contribution in [-0.2, 0) is 14.6 Å². The van der Waals surface area contributed by atoms with Crippen molar-refractivity contribution in [3.63, 3.8) is 0 Å². The van der Waals surface area contributed by atoms with Crippen LogP contribution in [0.2, 0.25) is 0 Å². The lowest BCUT2D eigenvalue weighted by atomic mass is 9.99. The minimum Gasteiger partial charge on any atom is -0.491 e. The van der Waals surface area contributed by atoms with E-state index in [1.54, 1.807) is 13.8 Å². The predicted molar refractivity (Wildman–Crippen MR) is 106 cm³/mol. The van der Waals surface area contributed by atoms with Crippen molar-refractivity contribution >= 4 is 37.5 Å². The summed E-state index contributed by atoms with van der Waals surface area (Å²) in [5.41, 5.74) is -0.422. The third kappa shape index (κ3) is 4.23. The van der Waals surface area contributed by atoms with Gasteiger partial charge < -0.3 is 14.0 Å². The Balaban J connectivity index is 2.23. The lowest BCUT2D eigenvalue weighted by molar-refractivity contribution is 0.0512. The van der Waals surface area contributed by atoms with Crippen molar-refractivity contribution in [1.29, 1.82) is 0 Å². The molecule has 1 saturated carbocycles. The van der Waals surface area contributed by atoms with Crippen LogP contribution in [0, 0.1) is 0 Å². The molecule has 156 valence electrons. The van der Waals surface area contributed by atoms with Crippen molar-refractivity contribution in [2.45, 2.75) is 37.5 Å². The fraction of sp³-hybridized carbons (Fsp3) is 0.421. The molecule has 0 atom stereocenters. The van der Waals surface area contributed by atoms with E-state index >= 15 is 0 Å². The standard InChI is InChI=1S/C19H20BrNO7S/c1-4-26-17-12(20)9-8-11(18(17)29(3,24)25)15(22)13-14(19(23)27-5-2)21-28-16(13)10-6-7-10/h8-10H,4-7H2,1-3H3. The van der Waals surface area contributed by atoms with E-state index in [2.05, 4.69) is 21.1 Å². The van der Waals surface area contributed by atoms with Gasteiger partial charge in [0.05, 0.1) is 17.7 Å². The summed E-state index contributed by atoms with van der Waals surface area (Å²) < 4.78 is 41.3. The Kier molecular flexibility index (Phi) is 6.13. The molecule has 1 aromatic heterocycles. The number of hydrogen-bond donors (Lipinski definition) is 0. The van der Waals surface area contributed by atoms with Crippen LogP contribution >= 0.6 is 15.9 Å². The Morgan fingerprint density at radius 1 is 1.24 bits per heavy atom. The first-order valence-corrected chi connectivity index (χ1v) is 11.8. The molecule has 1 aliphatic carbocycles. The van der Waals surface area contributed by atoms with Crippen LogP contribution in [0.4, 0.5) is 0 Å². The van der Waals surface area contributed by atoms with Crippen LogP contribution in [0.3, 0.4) is 0 Å². The second-order valence-electron chi connectivity index (χ2n) is 6.55. The van der Waals surface area contributed by atoms with Gasteiger partial charge in [-0.15, -0.1) is 0 Å². The summed E-state index contributed by atoms with van der Waals surface area (Å²) in [6, 6.07) is 2.91. The molecule has 0 N–H and O–H groups in total. The Bertz CT molecular complexity index is 1070. The fourth-order valence-corrected chi connectivity index (χ4v) is 4.63. The summed E-state index contributed by atoms with van der Waals surface area (Å²) in [5.74, 6) is -1.19. The SMILES string of the molecule is CCOC(=O)c1noc(C2CC2)c1C(=O)c1ccc(Br)c(OCC)c1S(C)(=O)=O. The van der Waals surface area contributed by atoms with E-state index in [4.69, 9.17) is 14.0 Å². The lowest BCUT2D eigenvalue weighted by Gasteiger charge is -2.15. The van der Waals surface area contributed by atoms with Gasteiger partial charge in [0, 0.05) is 17.7 Å². The van der Waals surface area contributed by atoms with Crippen molar-refractivity contribution in [3.8, 4) is 5.75 Å². The third-order valence-electron chi connectivity index (χ3n) is 4.33. The van der Waals surface area contributed by atoms with Crippen molar-refractivity contribution in [3.05, 3.63) is 39.2 Å². The third-order valence-corrected chi connectivity index (χ3v) is 6.10. The number of esters is 1. The topological polar surface area (TPSA) is 113 Å². The number of ketones is 1. The highest BCUT2D eigenvalue weighted by Crippen LogP contribution is 2.44. The van der Waals surface area contributed by atoms with Crippen LogP contribution in [0.25, 0.3) is 0 Å². The van der Waals surface area contributed by atoms with E-state index < -0.39 is 21.6 Å². The van der Waals surface area contributed by atoms with Crippen molar-refractivity contribution in [2.24, 2.45) is 0 Å². The molecule has 1 aromatic carbocycles. The first kappa shape index (κ1) is 21.5. The summed E-state index contributed by atoms with van der Waals surface area (Å²) in [7, 11) is -3.85. The number of ether oxygens (including phenoxy) is 2. The largest absolute Gasteiger partial charge is 0.491 e. The molecule has 2 aromatic rings. The fourth-order valence-electron chi connectivity index (χ4n) is 2.98.